The molecule has 0 bridgehead atoms. The lowest BCUT2D eigenvalue weighted by atomic mass is 10.1. The topological polar surface area (TPSA) is 29.5 Å². The standard InChI is InChI=1S/C15H22FNO2S/c1-4-17(5-2)8-9-20-11-14(18)13-10-12(16)6-7-15(13)19-3/h6-7,10H,4-5,8-9,11H2,1-3H3. The third kappa shape index (κ3) is 5.13. The fourth-order valence-electron chi connectivity index (χ4n) is 1.87. The van der Waals surface area contributed by atoms with E-state index in [1.165, 1.54) is 25.3 Å². The molecule has 0 aliphatic heterocycles. The first-order valence-corrected chi connectivity index (χ1v) is 7.94. The lowest BCUT2D eigenvalue weighted by Crippen LogP contribution is -2.25. The average molecular weight is 299 g/mol. The van der Waals surface area contributed by atoms with Gasteiger partial charge in [-0.1, -0.05) is 13.8 Å². The van der Waals surface area contributed by atoms with Gasteiger partial charge in [0.2, 0.25) is 0 Å². The molecule has 0 saturated carbocycles. The Morgan fingerprint density at radius 3 is 2.65 bits per heavy atom. The smallest absolute Gasteiger partial charge is 0.176 e. The molecule has 20 heavy (non-hydrogen) atoms. The molecule has 1 aromatic rings. The molecular weight excluding hydrogens is 277 g/mol. The Kier molecular flexibility index (Phi) is 7.62. The third-order valence-electron chi connectivity index (χ3n) is 3.14. The van der Waals surface area contributed by atoms with E-state index in [9.17, 15) is 9.18 Å². The summed E-state index contributed by atoms with van der Waals surface area (Å²) in [6, 6.07) is 4.03. The summed E-state index contributed by atoms with van der Waals surface area (Å²) in [5.41, 5.74) is 0.322. The summed E-state index contributed by atoms with van der Waals surface area (Å²) in [4.78, 5) is 14.4. The summed E-state index contributed by atoms with van der Waals surface area (Å²) in [6.07, 6.45) is 0. The molecule has 1 rings (SSSR count). The molecule has 112 valence electrons. The first kappa shape index (κ1) is 17.0. The van der Waals surface area contributed by atoms with Gasteiger partial charge in [0.15, 0.2) is 5.78 Å². The number of hydrogen-bond donors (Lipinski definition) is 0. The maximum absolute atomic E-state index is 13.2. The molecule has 0 unspecified atom stereocenters. The van der Waals surface area contributed by atoms with Crippen LogP contribution in [0.15, 0.2) is 18.2 Å². The van der Waals surface area contributed by atoms with E-state index in [0.717, 1.165) is 25.4 Å². The SMILES string of the molecule is CCN(CC)CCSCC(=O)c1cc(F)ccc1OC. The number of Topliss-reactive ketones (excluding diaryl/α,β-unsaturated/α-hetero) is 1. The Labute approximate surface area is 124 Å². The molecule has 0 fully saturated rings. The van der Waals surface area contributed by atoms with Crippen LogP contribution in [0.2, 0.25) is 0 Å². The second-order valence-electron chi connectivity index (χ2n) is 4.35. The zero-order valence-electron chi connectivity index (χ0n) is 12.3. The Morgan fingerprint density at radius 2 is 2.05 bits per heavy atom. The van der Waals surface area contributed by atoms with Gasteiger partial charge in [0.1, 0.15) is 11.6 Å². The predicted octanol–water partition coefficient (Wildman–Crippen LogP) is 3.09. The average Bonchev–Trinajstić information content (AvgIpc) is 2.47. The zero-order chi connectivity index (χ0) is 15.0. The molecule has 5 heteroatoms. The van der Waals surface area contributed by atoms with Gasteiger partial charge in [-0.15, -0.1) is 0 Å². The Morgan fingerprint density at radius 1 is 1.35 bits per heavy atom. The molecule has 0 saturated heterocycles. The molecule has 0 radical (unpaired) electrons. The van der Waals surface area contributed by atoms with Gasteiger partial charge in [-0.3, -0.25) is 4.79 Å². The highest BCUT2D eigenvalue weighted by atomic mass is 32.2. The van der Waals surface area contributed by atoms with Crippen molar-refractivity contribution in [3.05, 3.63) is 29.6 Å². The third-order valence-corrected chi connectivity index (χ3v) is 4.08. The van der Waals surface area contributed by atoms with Crippen LogP contribution in [-0.4, -0.2) is 48.9 Å². The van der Waals surface area contributed by atoms with Crippen molar-refractivity contribution in [2.75, 3.05) is 38.2 Å². The van der Waals surface area contributed by atoms with Gasteiger partial charge in [-0.05, 0) is 31.3 Å². The van der Waals surface area contributed by atoms with Crippen molar-refractivity contribution in [3.8, 4) is 5.75 Å². The van der Waals surface area contributed by atoms with E-state index in [4.69, 9.17) is 4.74 Å². The summed E-state index contributed by atoms with van der Waals surface area (Å²) in [7, 11) is 1.48. The van der Waals surface area contributed by atoms with Crippen LogP contribution in [0.5, 0.6) is 5.75 Å². The summed E-state index contributed by atoms with van der Waals surface area (Å²) < 4.78 is 18.3. The van der Waals surface area contributed by atoms with Crippen LogP contribution >= 0.6 is 11.8 Å². The fourth-order valence-corrected chi connectivity index (χ4v) is 2.75. The summed E-state index contributed by atoms with van der Waals surface area (Å²) in [5.74, 6) is 1.17. The Hall–Kier alpha value is -1.07. The number of carbonyl (C=O) groups is 1. The molecule has 0 aliphatic rings. The molecule has 3 nitrogen and oxygen atoms in total. The van der Waals surface area contributed by atoms with Gasteiger partial charge in [-0.25, -0.2) is 4.39 Å². The lowest BCUT2D eigenvalue weighted by Gasteiger charge is -2.17. The van der Waals surface area contributed by atoms with Crippen molar-refractivity contribution in [3.63, 3.8) is 0 Å². The zero-order valence-corrected chi connectivity index (χ0v) is 13.1. The van der Waals surface area contributed by atoms with E-state index in [2.05, 4.69) is 18.7 Å². The van der Waals surface area contributed by atoms with E-state index >= 15 is 0 Å². The van der Waals surface area contributed by atoms with E-state index in [1.54, 1.807) is 11.8 Å². The van der Waals surface area contributed by atoms with E-state index in [1.807, 2.05) is 0 Å². The Balaban J connectivity index is 2.49. The van der Waals surface area contributed by atoms with E-state index in [-0.39, 0.29) is 5.78 Å². The number of methoxy groups -OCH3 is 1. The highest BCUT2D eigenvalue weighted by molar-refractivity contribution is 8.00. The van der Waals surface area contributed by atoms with Crippen LogP contribution < -0.4 is 4.74 Å². The van der Waals surface area contributed by atoms with Gasteiger partial charge < -0.3 is 9.64 Å². The van der Waals surface area contributed by atoms with Crippen molar-refractivity contribution in [2.45, 2.75) is 13.8 Å². The van der Waals surface area contributed by atoms with Crippen molar-refractivity contribution in [1.82, 2.24) is 4.90 Å². The maximum Gasteiger partial charge on any atom is 0.176 e. The molecule has 0 spiro atoms. The molecule has 1 aromatic carbocycles. The minimum absolute atomic E-state index is 0.0918. The number of benzene rings is 1. The fraction of sp³-hybridized carbons (Fsp3) is 0.533. The van der Waals surface area contributed by atoms with Gasteiger partial charge >= 0.3 is 0 Å². The normalized spacial score (nSPS) is 10.8. The van der Waals surface area contributed by atoms with E-state index in [0.29, 0.717) is 17.1 Å². The van der Waals surface area contributed by atoms with Crippen LogP contribution in [0.25, 0.3) is 0 Å². The maximum atomic E-state index is 13.2. The quantitative estimate of drug-likeness (QED) is 0.518. The molecule has 0 aliphatic carbocycles. The number of ketones is 1. The largest absolute Gasteiger partial charge is 0.496 e. The van der Waals surface area contributed by atoms with E-state index < -0.39 is 5.82 Å². The number of ether oxygens (including phenoxy) is 1. The van der Waals surface area contributed by atoms with Crippen molar-refractivity contribution in [2.24, 2.45) is 0 Å². The highest BCUT2D eigenvalue weighted by Gasteiger charge is 2.13. The second kappa shape index (κ2) is 8.97. The van der Waals surface area contributed by atoms with Gasteiger partial charge in [0, 0.05) is 12.3 Å². The molecular formula is C15H22FNO2S. The first-order valence-electron chi connectivity index (χ1n) is 6.79. The van der Waals surface area contributed by atoms with Crippen molar-refractivity contribution >= 4 is 17.5 Å². The molecule has 0 aromatic heterocycles. The molecule has 0 atom stereocenters. The predicted molar refractivity (Wildman–Crippen MR) is 82.4 cm³/mol. The van der Waals surface area contributed by atoms with Gasteiger partial charge in [-0.2, -0.15) is 11.8 Å². The second-order valence-corrected chi connectivity index (χ2v) is 5.45. The van der Waals surface area contributed by atoms with Crippen molar-refractivity contribution in [1.29, 1.82) is 0 Å². The minimum atomic E-state index is -0.415. The van der Waals surface area contributed by atoms with Crippen LogP contribution in [0, 0.1) is 5.82 Å². The number of thioether (sulfide) groups is 1. The summed E-state index contributed by atoms with van der Waals surface area (Å²) >= 11 is 1.57. The summed E-state index contributed by atoms with van der Waals surface area (Å²) in [5, 5.41) is 0. The number of halogens is 1. The van der Waals surface area contributed by atoms with Crippen molar-refractivity contribution < 1.29 is 13.9 Å². The van der Waals surface area contributed by atoms with Gasteiger partial charge in [0.05, 0.1) is 18.4 Å². The van der Waals surface area contributed by atoms with Crippen LogP contribution in [0.4, 0.5) is 4.39 Å². The number of rotatable bonds is 9. The number of nitrogens with zero attached hydrogens (tertiary/aromatic N) is 1. The molecule has 0 amide bonds. The van der Waals surface area contributed by atoms with Gasteiger partial charge in [0.25, 0.3) is 0 Å². The number of carbonyl (C=O) groups excluding carboxylic acids is 1. The monoisotopic (exact) mass is 299 g/mol. The Bertz CT molecular complexity index is 436. The molecule has 0 N–H and O–H groups in total. The first-order chi connectivity index (χ1) is 9.62. The van der Waals surface area contributed by atoms with Crippen LogP contribution in [0.1, 0.15) is 24.2 Å². The summed E-state index contributed by atoms with van der Waals surface area (Å²) in [6.45, 7) is 7.24. The van der Waals surface area contributed by atoms with Crippen LogP contribution in [-0.2, 0) is 0 Å². The highest BCUT2D eigenvalue weighted by Crippen LogP contribution is 2.21. The van der Waals surface area contributed by atoms with Crippen LogP contribution in [0.3, 0.4) is 0 Å². The lowest BCUT2D eigenvalue weighted by molar-refractivity contribution is 0.101. The minimum Gasteiger partial charge on any atom is -0.496 e. The molecule has 0 heterocycles. The number of hydrogen-bond acceptors (Lipinski definition) is 4.